The second kappa shape index (κ2) is 10.2. The lowest BCUT2D eigenvalue weighted by Crippen LogP contribution is -2.45. The van der Waals surface area contributed by atoms with Gasteiger partial charge in [-0.3, -0.25) is 14.3 Å². The molecule has 142 valence electrons. The van der Waals surface area contributed by atoms with E-state index in [1.165, 1.54) is 4.57 Å². The second-order valence-corrected chi connectivity index (χ2v) is 6.52. The standard InChI is InChI=1S/C16H30N6O2S/c1-5-7-11-22-13(17)12(14(23)19-15(22)24)21(6-2)16(25)18-9-8-10-20(3)4/h5-11,17H2,1-4H3,(H,18,25)(H,19,23,24). The van der Waals surface area contributed by atoms with Crippen LogP contribution in [0, 0.1) is 0 Å². The molecule has 0 amide bonds. The summed E-state index contributed by atoms with van der Waals surface area (Å²) in [5.74, 6) is 0.154. The Labute approximate surface area is 154 Å². The molecule has 0 spiro atoms. The lowest BCUT2D eigenvalue weighted by molar-refractivity contribution is 0.400. The Morgan fingerprint density at radius 2 is 1.96 bits per heavy atom. The summed E-state index contributed by atoms with van der Waals surface area (Å²) in [5.41, 5.74) is 5.36. The molecule has 8 nitrogen and oxygen atoms in total. The number of nitrogens with zero attached hydrogens (tertiary/aromatic N) is 3. The lowest BCUT2D eigenvalue weighted by Gasteiger charge is -2.26. The van der Waals surface area contributed by atoms with E-state index < -0.39 is 11.2 Å². The van der Waals surface area contributed by atoms with Crippen molar-refractivity contribution in [2.24, 2.45) is 0 Å². The highest BCUT2D eigenvalue weighted by atomic mass is 32.1. The molecule has 1 rings (SSSR count). The highest BCUT2D eigenvalue weighted by Gasteiger charge is 2.20. The fourth-order valence-electron chi connectivity index (χ4n) is 2.47. The highest BCUT2D eigenvalue weighted by molar-refractivity contribution is 7.80. The van der Waals surface area contributed by atoms with Gasteiger partial charge >= 0.3 is 5.69 Å². The van der Waals surface area contributed by atoms with E-state index in [0.717, 1.165) is 25.8 Å². The van der Waals surface area contributed by atoms with Gasteiger partial charge in [0.05, 0.1) is 0 Å². The number of thiocarbonyl (C=S) groups is 1. The normalized spacial score (nSPS) is 10.9. The zero-order valence-corrected chi connectivity index (χ0v) is 16.4. The molecule has 0 fully saturated rings. The Balaban J connectivity index is 3.03. The van der Waals surface area contributed by atoms with Crippen molar-refractivity contribution in [3.8, 4) is 0 Å². The topological polar surface area (TPSA) is 99.4 Å². The molecule has 9 heteroatoms. The second-order valence-electron chi connectivity index (χ2n) is 6.13. The number of H-pyrrole nitrogens is 1. The Hall–Kier alpha value is -1.87. The first-order valence-corrected chi connectivity index (χ1v) is 9.06. The predicted octanol–water partition coefficient (Wildman–Crippen LogP) is 0.571. The molecule has 0 saturated heterocycles. The van der Waals surface area contributed by atoms with Crippen molar-refractivity contribution in [2.75, 3.05) is 44.4 Å². The van der Waals surface area contributed by atoms with Gasteiger partial charge < -0.3 is 20.9 Å². The summed E-state index contributed by atoms with van der Waals surface area (Å²) >= 11 is 5.42. The largest absolute Gasteiger partial charge is 0.383 e. The quantitative estimate of drug-likeness (QED) is 0.432. The van der Waals surface area contributed by atoms with Crippen molar-refractivity contribution < 1.29 is 0 Å². The van der Waals surface area contributed by atoms with Gasteiger partial charge in [-0.2, -0.15) is 0 Å². The van der Waals surface area contributed by atoms with E-state index in [1.54, 1.807) is 4.90 Å². The van der Waals surface area contributed by atoms with Crippen LogP contribution in [0.1, 0.15) is 33.1 Å². The summed E-state index contributed by atoms with van der Waals surface area (Å²) in [7, 11) is 4.02. The van der Waals surface area contributed by atoms with Gasteiger partial charge in [-0.1, -0.05) is 13.3 Å². The van der Waals surface area contributed by atoms with Crippen LogP contribution in [0.25, 0.3) is 0 Å². The molecule has 0 atom stereocenters. The number of hydrogen-bond donors (Lipinski definition) is 3. The molecule has 0 radical (unpaired) electrons. The third-order valence-electron chi connectivity index (χ3n) is 3.84. The van der Waals surface area contributed by atoms with Crippen molar-refractivity contribution >= 4 is 28.8 Å². The predicted molar refractivity (Wildman–Crippen MR) is 107 cm³/mol. The number of aromatic nitrogens is 2. The zero-order valence-electron chi connectivity index (χ0n) is 15.6. The maximum absolute atomic E-state index is 12.3. The monoisotopic (exact) mass is 370 g/mol. The molecule has 0 unspecified atom stereocenters. The van der Waals surface area contributed by atoms with Crippen molar-refractivity contribution in [3.63, 3.8) is 0 Å². The van der Waals surface area contributed by atoms with Crippen LogP contribution in [-0.2, 0) is 6.54 Å². The van der Waals surface area contributed by atoms with E-state index in [4.69, 9.17) is 18.0 Å². The van der Waals surface area contributed by atoms with Crippen LogP contribution in [0.2, 0.25) is 0 Å². The maximum atomic E-state index is 12.3. The van der Waals surface area contributed by atoms with Gasteiger partial charge in [-0.15, -0.1) is 0 Å². The van der Waals surface area contributed by atoms with Gasteiger partial charge in [0.25, 0.3) is 5.56 Å². The van der Waals surface area contributed by atoms with Crippen LogP contribution in [0.3, 0.4) is 0 Å². The van der Waals surface area contributed by atoms with Crippen molar-refractivity contribution in [3.05, 3.63) is 20.8 Å². The Kier molecular flexibility index (Phi) is 8.64. The van der Waals surface area contributed by atoms with Gasteiger partial charge in [0.1, 0.15) is 5.82 Å². The molecule has 1 aromatic rings. The minimum Gasteiger partial charge on any atom is -0.383 e. The van der Waals surface area contributed by atoms with Crippen LogP contribution in [0.15, 0.2) is 9.59 Å². The van der Waals surface area contributed by atoms with Crippen LogP contribution < -0.4 is 27.2 Å². The summed E-state index contributed by atoms with van der Waals surface area (Å²) in [6, 6.07) is 0. The first-order chi connectivity index (χ1) is 11.8. The number of nitrogens with one attached hydrogen (secondary N) is 2. The third-order valence-corrected chi connectivity index (χ3v) is 4.20. The number of anilines is 2. The average Bonchev–Trinajstić information content (AvgIpc) is 2.54. The molecule has 4 N–H and O–H groups in total. The van der Waals surface area contributed by atoms with Gasteiger partial charge in [-0.05, 0) is 52.6 Å². The number of unbranched alkanes of at least 4 members (excludes halogenated alkanes) is 1. The minimum absolute atomic E-state index is 0.154. The van der Waals surface area contributed by atoms with Crippen molar-refractivity contribution in [1.29, 1.82) is 0 Å². The minimum atomic E-state index is -0.519. The fourth-order valence-corrected chi connectivity index (χ4v) is 2.79. The molecule has 0 aliphatic heterocycles. The molecule has 0 aromatic carbocycles. The molecule has 25 heavy (non-hydrogen) atoms. The maximum Gasteiger partial charge on any atom is 0.330 e. The van der Waals surface area contributed by atoms with E-state index in [2.05, 4.69) is 15.2 Å². The Morgan fingerprint density at radius 1 is 1.28 bits per heavy atom. The Morgan fingerprint density at radius 3 is 2.52 bits per heavy atom. The molecule has 0 saturated carbocycles. The fraction of sp³-hybridized carbons (Fsp3) is 0.688. The summed E-state index contributed by atoms with van der Waals surface area (Å²) in [4.78, 5) is 30.4. The molecule has 0 aliphatic carbocycles. The van der Waals surface area contributed by atoms with Crippen molar-refractivity contribution in [2.45, 2.75) is 39.7 Å². The summed E-state index contributed by atoms with van der Waals surface area (Å²) < 4.78 is 1.40. The molecular weight excluding hydrogens is 340 g/mol. The van der Waals surface area contributed by atoms with Gasteiger partial charge in [0.15, 0.2) is 10.8 Å². The smallest absolute Gasteiger partial charge is 0.330 e. The SMILES string of the molecule is CCCCn1c(N)c(N(CC)C(=S)NCCCN(C)C)c(=O)[nH]c1=O. The third kappa shape index (κ3) is 5.86. The summed E-state index contributed by atoms with van der Waals surface area (Å²) in [6.45, 7) is 6.48. The molecular formula is C16H30N6O2S. The molecule has 1 heterocycles. The number of aromatic amines is 1. The zero-order chi connectivity index (χ0) is 19.0. The van der Waals surface area contributed by atoms with Crippen LogP contribution in [0.5, 0.6) is 0 Å². The average molecular weight is 371 g/mol. The van der Waals surface area contributed by atoms with Gasteiger partial charge in [-0.25, -0.2) is 4.79 Å². The van der Waals surface area contributed by atoms with E-state index in [1.807, 2.05) is 27.9 Å². The molecule has 1 aromatic heterocycles. The molecule has 0 bridgehead atoms. The van der Waals surface area contributed by atoms with Crippen LogP contribution >= 0.6 is 12.2 Å². The summed E-state index contributed by atoms with van der Waals surface area (Å²) in [5, 5.41) is 3.58. The van der Waals surface area contributed by atoms with Gasteiger partial charge in [0, 0.05) is 19.6 Å². The van der Waals surface area contributed by atoms with Crippen LogP contribution in [-0.4, -0.2) is 53.3 Å². The molecule has 0 aliphatic rings. The highest BCUT2D eigenvalue weighted by Crippen LogP contribution is 2.17. The van der Waals surface area contributed by atoms with E-state index in [-0.39, 0.29) is 11.5 Å². The van der Waals surface area contributed by atoms with E-state index in [9.17, 15) is 9.59 Å². The van der Waals surface area contributed by atoms with Crippen molar-refractivity contribution in [1.82, 2.24) is 19.8 Å². The number of nitrogen functional groups attached to an aromatic ring is 1. The number of nitrogens with two attached hydrogens (primary N) is 1. The number of rotatable bonds is 9. The Bertz CT molecular complexity index is 682. The van der Waals surface area contributed by atoms with Gasteiger partial charge in [0.2, 0.25) is 0 Å². The van der Waals surface area contributed by atoms with Crippen LogP contribution in [0.4, 0.5) is 11.5 Å². The lowest BCUT2D eigenvalue weighted by atomic mass is 10.3. The van der Waals surface area contributed by atoms with E-state index in [0.29, 0.717) is 24.7 Å². The summed E-state index contributed by atoms with van der Waals surface area (Å²) in [6.07, 6.45) is 2.64. The number of hydrogen-bond acceptors (Lipinski definition) is 5. The van der Waals surface area contributed by atoms with E-state index >= 15 is 0 Å². The first-order valence-electron chi connectivity index (χ1n) is 8.66. The first kappa shape index (κ1) is 21.2.